The van der Waals surface area contributed by atoms with Crippen LogP contribution in [0.2, 0.25) is 0 Å². The van der Waals surface area contributed by atoms with Gasteiger partial charge in [-0.2, -0.15) is 0 Å². The van der Waals surface area contributed by atoms with Crippen molar-refractivity contribution >= 4 is 5.91 Å². The first kappa shape index (κ1) is 18.7. The molecule has 1 unspecified atom stereocenters. The maximum Gasteiger partial charge on any atom is 0.241 e. The normalized spacial score (nSPS) is 14.4. The standard InChI is InChI=1S/C27H29F2NO/c1-16-8-9-21(14-17(16)2)27(26(31)30(6)7,23-11-10-22(28)15-18(23)3)24-12-13-25(29)20(5)19(24)4/h8-15H,1-7H3/i8D,9D,14D. The summed E-state index contributed by atoms with van der Waals surface area (Å²) in [4.78, 5) is 15.6. The second-order valence-corrected chi connectivity index (χ2v) is 8.25. The van der Waals surface area contributed by atoms with Crippen LogP contribution >= 0.6 is 0 Å². The van der Waals surface area contributed by atoms with Crippen molar-refractivity contribution in [3.8, 4) is 0 Å². The van der Waals surface area contributed by atoms with E-state index >= 15 is 0 Å². The van der Waals surface area contributed by atoms with Crippen molar-refractivity contribution in [2.75, 3.05) is 14.1 Å². The van der Waals surface area contributed by atoms with E-state index in [1.807, 2.05) is 0 Å². The molecule has 3 aromatic carbocycles. The van der Waals surface area contributed by atoms with E-state index in [-0.39, 0.29) is 23.7 Å². The lowest BCUT2D eigenvalue weighted by atomic mass is 9.65. The summed E-state index contributed by atoms with van der Waals surface area (Å²) in [7, 11) is 3.13. The summed E-state index contributed by atoms with van der Waals surface area (Å²) >= 11 is 0. The van der Waals surface area contributed by atoms with Crippen LogP contribution in [0.1, 0.15) is 48.6 Å². The van der Waals surface area contributed by atoms with Crippen LogP contribution < -0.4 is 0 Å². The Kier molecular flexibility index (Phi) is 4.99. The molecule has 0 radical (unpaired) electrons. The lowest BCUT2D eigenvalue weighted by molar-refractivity contribution is -0.132. The zero-order valence-electron chi connectivity index (χ0n) is 22.0. The van der Waals surface area contributed by atoms with Gasteiger partial charge in [0.2, 0.25) is 5.91 Å². The van der Waals surface area contributed by atoms with Crippen LogP contribution in [0.4, 0.5) is 8.78 Å². The molecular weight excluding hydrogens is 392 g/mol. The highest BCUT2D eigenvalue weighted by atomic mass is 19.1. The van der Waals surface area contributed by atoms with Gasteiger partial charge in [0.1, 0.15) is 17.0 Å². The minimum atomic E-state index is -1.77. The zero-order chi connectivity index (χ0) is 25.7. The van der Waals surface area contributed by atoms with Gasteiger partial charge in [-0.15, -0.1) is 0 Å². The second-order valence-electron chi connectivity index (χ2n) is 8.25. The SMILES string of the molecule is [2H]c1c([2H])c(C(C(=O)N(C)C)(c2ccc(F)cc2C)c2ccc(F)c(C)c2C)c([2H])c(C)c1C. The first-order valence-corrected chi connectivity index (χ1v) is 10.1. The van der Waals surface area contributed by atoms with Crippen molar-refractivity contribution in [1.29, 1.82) is 0 Å². The fraction of sp³-hybridized carbons (Fsp3) is 0.296. The topological polar surface area (TPSA) is 20.3 Å². The second kappa shape index (κ2) is 8.26. The Labute approximate surface area is 187 Å². The zero-order valence-corrected chi connectivity index (χ0v) is 19.0. The Bertz CT molecular complexity index is 1290. The maximum absolute atomic E-state index is 14.5. The van der Waals surface area contributed by atoms with Gasteiger partial charge in [-0.25, -0.2) is 8.78 Å². The molecule has 0 aliphatic heterocycles. The van der Waals surface area contributed by atoms with Gasteiger partial charge in [0.15, 0.2) is 0 Å². The van der Waals surface area contributed by atoms with Crippen LogP contribution in [0.25, 0.3) is 0 Å². The summed E-state index contributed by atoms with van der Waals surface area (Å²) in [5.41, 5.74) is 1.26. The Morgan fingerprint density at radius 2 is 1.52 bits per heavy atom. The Hall–Kier alpha value is -3.01. The molecule has 31 heavy (non-hydrogen) atoms. The molecule has 0 N–H and O–H groups in total. The number of amides is 1. The molecule has 0 aromatic heterocycles. The molecule has 3 aromatic rings. The third-order valence-electron chi connectivity index (χ3n) is 6.07. The number of rotatable bonds is 4. The molecule has 0 aliphatic carbocycles. The molecule has 0 bridgehead atoms. The number of carbonyl (C=O) groups is 1. The van der Waals surface area contributed by atoms with Gasteiger partial charge >= 0.3 is 0 Å². The number of hydrogen-bond acceptors (Lipinski definition) is 1. The lowest BCUT2D eigenvalue weighted by Crippen LogP contribution is -2.47. The molecule has 0 aliphatic rings. The molecule has 0 spiro atoms. The van der Waals surface area contributed by atoms with Gasteiger partial charge in [0, 0.05) is 14.1 Å². The summed E-state index contributed by atoms with van der Waals surface area (Å²) in [6.07, 6.45) is 0. The van der Waals surface area contributed by atoms with E-state index < -0.39 is 23.0 Å². The van der Waals surface area contributed by atoms with E-state index in [1.54, 1.807) is 48.7 Å². The molecule has 0 fully saturated rings. The van der Waals surface area contributed by atoms with Gasteiger partial charge in [-0.05, 0) is 97.3 Å². The summed E-state index contributed by atoms with van der Waals surface area (Å²) in [5.74, 6) is -1.40. The minimum Gasteiger partial charge on any atom is -0.347 e. The minimum absolute atomic E-state index is 0.0307. The largest absolute Gasteiger partial charge is 0.347 e. The quantitative estimate of drug-likeness (QED) is 0.476. The fourth-order valence-corrected chi connectivity index (χ4v) is 4.08. The van der Waals surface area contributed by atoms with Gasteiger partial charge in [-0.1, -0.05) is 30.3 Å². The van der Waals surface area contributed by atoms with E-state index in [0.717, 1.165) is 0 Å². The van der Waals surface area contributed by atoms with E-state index in [9.17, 15) is 13.6 Å². The summed E-state index contributed by atoms with van der Waals surface area (Å²) in [6.45, 7) is 8.32. The third-order valence-corrected chi connectivity index (χ3v) is 6.07. The van der Waals surface area contributed by atoms with Gasteiger partial charge in [-0.3, -0.25) is 4.79 Å². The van der Waals surface area contributed by atoms with Gasteiger partial charge in [0.05, 0.1) is 4.11 Å². The molecule has 162 valence electrons. The first-order chi connectivity index (χ1) is 15.8. The number of carbonyl (C=O) groups excluding carboxylic acids is 1. The summed E-state index contributed by atoms with van der Waals surface area (Å²) in [6, 6.07) is 6.41. The monoisotopic (exact) mass is 424 g/mol. The summed E-state index contributed by atoms with van der Waals surface area (Å²) in [5, 5.41) is 0. The number of benzene rings is 3. The van der Waals surface area contributed by atoms with E-state index in [0.29, 0.717) is 38.9 Å². The average Bonchev–Trinajstić information content (AvgIpc) is 2.78. The molecule has 1 amide bonds. The molecule has 4 heteroatoms. The molecule has 0 heterocycles. The van der Waals surface area contributed by atoms with Crippen LogP contribution in [0.15, 0.2) is 48.5 Å². The highest BCUT2D eigenvalue weighted by Crippen LogP contribution is 2.45. The van der Waals surface area contributed by atoms with Gasteiger partial charge in [0.25, 0.3) is 0 Å². The van der Waals surface area contributed by atoms with E-state index in [4.69, 9.17) is 4.11 Å². The molecule has 0 saturated carbocycles. The van der Waals surface area contributed by atoms with Crippen molar-refractivity contribution in [1.82, 2.24) is 4.90 Å². The van der Waals surface area contributed by atoms with Crippen molar-refractivity contribution in [3.05, 3.63) is 105 Å². The average molecular weight is 425 g/mol. The van der Waals surface area contributed by atoms with E-state index in [1.165, 1.54) is 35.2 Å². The highest BCUT2D eigenvalue weighted by molar-refractivity contribution is 5.97. The van der Waals surface area contributed by atoms with Crippen LogP contribution in [-0.2, 0) is 10.2 Å². The smallest absolute Gasteiger partial charge is 0.241 e. The Morgan fingerprint density at radius 3 is 2.13 bits per heavy atom. The Balaban J connectivity index is 2.74. The van der Waals surface area contributed by atoms with Crippen LogP contribution in [0, 0.1) is 46.3 Å². The van der Waals surface area contributed by atoms with E-state index in [2.05, 4.69) is 0 Å². The van der Waals surface area contributed by atoms with Crippen LogP contribution in [-0.4, -0.2) is 24.9 Å². The molecule has 3 rings (SSSR count). The summed E-state index contributed by atoms with van der Waals surface area (Å²) < 4.78 is 55.2. The highest BCUT2D eigenvalue weighted by Gasteiger charge is 2.47. The molecular formula is C27H29F2NO. The van der Waals surface area contributed by atoms with Crippen LogP contribution in [0.3, 0.4) is 0 Å². The fourth-order valence-electron chi connectivity index (χ4n) is 4.08. The Morgan fingerprint density at radius 1 is 0.871 bits per heavy atom. The van der Waals surface area contributed by atoms with Gasteiger partial charge < -0.3 is 4.90 Å². The molecule has 2 nitrogen and oxygen atoms in total. The maximum atomic E-state index is 14.5. The predicted octanol–water partition coefficient (Wildman–Crippen LogP) is 5.93. The number of halogens is 2. The lowest BCUT2D eigenvalue weighted by Gasteiger charge is -2.39. The van der Waals surface area contributed by atoms with Crippen molar-refractivity contribution in [2.45, 2.75) is 40.0 Å². The number of likely N-dealkylation sites (N-methyl/N-ethyl adjacent to an activating group) is 1. The van der Waals surface area contributed by atoms with Crippen molar-refractivity contribution in [2.24, 2.45) is 0 Å². The molecule has 0 saturated heterocycles. The third kappa shape index (κ3) is 3.65. The van der Waals surface area contributed by atoms with Crippen molar-refractivity contribution in [3.63, 3.8) is 0 Å². The first-order valence-electron chi connectivity index (χ1n) is 11.6. The number of hydrogen-bond donors (Lipinski definition) is 0. The number of nitrogens with zero attached hydrogens (tertiary/aromatic N) is 1. The predicted molar refractivity (Wildman–Crippen MR) is 122 cm³/mol. The number of aryl methyl sites for hydroxylation is 1. The van der Waals surface area contributed by atoms with Crippen molar-refractivity contribution < 1.29 is 17.7 Å². The van der Waals surface area contributed by atoms with Crippen LogP contribution in [0.5, 0.6) is 0 Å². The molecule has 1 atom stereocenters.